The van der Waals surface area contributed by atoms with Crippen LogP contribution in [0.3, 0.4) is 0 Å². The van der Waals surface area contributed by atoms with Crippen LogP contribution < -0.4 is 10.5 Å². The first-order valence-electron chi connectivity index (χ1n) is 9.69. The summed E-state index contributed by atoms with van der Waals surface area (Å²) in [6.45, 7) is 1.53. The first kappa shape index (κ1) is 24.3. The molecule has 0 unspecified atom stereocenters. The number of nitrogens with two attached hydrogens (primary N) is 1. The molecular weight excluding hydrogens is 472 g/mol. The number of halogens is 1. The van der Waals surface area contributed by atoms with Crippen molar-refractivity contribution < 1.29 is 31.9 Å². The Balaban J connectivity index is 1.77. The summed E-state index contributed by atoms with van der Waals surface area (Å²) in [5.41, 5.74) is 0.751. The van der Waals surface area contributed by atoms with Gasteiger partial charge in [-0.05, 0) is 36.8 Å². The predicted molar refractivity (Wildman–Crippen MR) is 120 cm³/mol. The van der Waals surface area contributed by atoms with Crippen LogP contribution in [0.5, 0.6) is 0 Å². The Morgan fingerprint density at radius 1 is 1.15 bits per heavy atom. The molecule has 0 saturated carbocycles. The molecule has 9 nitrogen and oxygen atoms in total. The molecule has 0 aliphatic heterocycles. The summed E-state index contributed by atoms with van der Waals surface area (Å²) < 4.78 is 39.4. The molecule has 0 saturated heterocycles. The zero-order chi connectivity index (χ0) is 24.0. The number of esters is 2. The lowest BCUT2D eigenvalue weighted by Gasteiger charge is -2.16. The van der Waals surface area contributed by atoms with Crippen LogP contribution in [0, 0.1) is 0 Å². The number of anilines is 1. The summed E-state index contributed by atoms with van der Waals surface area (Å²) in [6, 6.07) is 14.6. The molecule has 0 fully saturated rings. The Morgan fingerprint density at radius 3 is 2.52 bits per heavy atom. The Morgan fingerprint density at radius 2 is 1.88 bits per heavy atom. The number of ether oxygens (including phenoxy) is 2. The van der Waals surface area contributed by atoms with Crippen molar-refractivity contribution in [3.8, 4) is 0 Å². The molecule has 0 bridgehead atoms. The summed E-state index contributed by atoms with van der Waals surface area (Å²) in [5, 5.41) is 7.94. The van der Waals surface area contributed by atoms with Crippen LogP contribution in [-0.4, -0.2) is 26.5 Å². The van der Waals surface area contributed by atoms with Gasteiger partial charge in [0.25, 0.3) is 0 Å². The van der Waals surface area contributed by atoms with E-state index in [1.807, 2.05) is 6.07 Å². The normalized spacial score (nSPS) is 12.1. The second-order valence-electron chi connectivity index (χ2n) is 6.95. The number of carbonyl (C=O) groups is 2. The van der Waals surface area contributed by atoms with Crippen molar-refractivity contribution in [3.05, 3.63) is 82.8 Å². The topological polar surface area (TPSA) is 138 Å². The average molecular weight is 493 g/mol. The molecule has 0 spiro atoms. The molecule has 11 heteroatoms. The molecular formula is C22H21ClN2O7S. The van der Waals surface area contributed by atoms with E-state index in [9.17, 15) is 18.0 Å². The summed E-state index contributed by atoms with van der Waals surface area (Å²) in [6.07, 6.45) is 0.221. The maximum absolute atomic E-state index is 12.8. The highest BCUT2D eigenvalue weighted by molar-refractivity contribution is 7.89. The van der Waals surface area contributed by atoms with Gasteiger partial charge in [0, 0.05) is 0 Å². The van der Waals surface area contributed by atoms with Gasteiger partial charge in [-0.25, -0.2) is 23.1 Å². The number of nitrogens with one attached hydrogen (secondary N) is 1. The lowest BCUT2D eigenvalue weighted by atomic mass is 10.1. The van der Waals surface area contributed by atoms with Gasteiger partial charge < -0.3 is 19.2 Å². The van der Waals surface area contributed by atoms with E-state index in [1.54, 1.807) is 36.4 Å². The Bertz CT molecular complexity index is 1230. The van der Waals surface area contributed by atoms with Crippen LogP contribution in [0.1, 0.15) is 28.6 Å². The highest BCUT2D eigenvalue weighted by Gasteiger charge is 2.25. The van der Waals surface area contributed by atoms with Crippen LogP contribution in [0.25, 0.3) is 0 Å². The van der Waals surface area contributed by atoms with Gasteiger partial charge in [-0.2, -0.15) is 0 Å². The van der Waals surface area contributed by atoms with Crippen molar-refractivity contribution >= 4 is 39.3 Å². The monoisotopic (exact) mass is 492 g/mol. The fraction of sp³-hybridized carbons (Fsp3) is 0.182. The number of primary sulfonamides is 1. The molecule has 174 valence electrons. The van der Waals surface area contributed by atoms with Gasteiger partial charge in [0.05, 0.1) is 29.1 Å². The molecule has 1 heterocycles. The van der Waals surface area contributed by atoms with E-state index in [4.69, 9.17) is 30.6 Å². The smallest absolute Gasteiger partial charge is 0.347 e. The van der Waals surface area contributed by atoms with Crippen LogP contribution in [0.2, 0.25) is 5.02 Å². The minimum Gasteiger partial charge on any atom is -0.467 e. The number of rotatable bonds is 9. The highest BCUT2D eigenvalue weighted by Crippen LogP contribution is 2.29. The van der Waals surface area contributed by atoms with Crippen LogP contribution in [-0.2, 0) is 37.4 Å². The summed E-state index contributed by atoms with van der Waals surface area (Å²) in [7, 11) is -4.23. The number of carbonyl (C=O) groups excluding carboxylic acids is 2. The van der Waals surface area contributed by atoms with E-state index in [0.29, 0.717) is 5.76 Å². The van der Waals surface area contributed by atoms with Crippen molar-refractivity contribution in [3.63, 3.8) is 0 Å². The van der Waals surface area contributed by atoms with E-state index in [1.165, 1.54) is 19.3 Å². The largest absolute Gasteiger partial charge is 0.467 e. The summed E-state index contributed by atoms with van der Waals surface area (Å²) >= 11 is 6.06. The molecule has 1 aromatic heterocycles. The third-order valence-electron chi connectivity index (χ3n) is 4.47. The van der Waals surface area contributed by atoms with E-state index in [0.717, 1.165) is 11.6 Å². The van der Waals surface area contributed by atoms with Crippen molar-refractivity contribution in [2.45, 2.75) is 31.1 Å². The first-order valence-corrected chi connectivity index (χ1v) is 11.6. The maximum Gasteiger partial charge on any atom is 0.347 e. The maximum atomic E-state index is 12.8. The van der Waals surface area contributed by atoms with Crippen molar-refractivity contribution in [1.82, 2.24) is 0 Å². The van der Waals surface area contributed by atoms with E-state index >= 15 is 0 Å². The number of sulfonamides is 1. The van der Waals surface area contributed by atoms with Crippen LogP contribution in [0.4, 0.5) is 5.69 Å². The van der Waals surface area contributed by atoms with E-state index in [2.05, 4.69) is 5.32 Å². The van der Waals surface area contributed by atoms with E-state index < -0.39 is 33.0 Å². The lowest BCUT2D eigenvalue weighted by molar-refractivity contribution is -0.154. The van der Waals surface area contributed by atoms with E-state index in [-0.39, 0.29) is 29.4 Å². The molecule has 0 radical (unpaired) electrons. The first-order chi connectivity index (χ1) is 15.6. The molecule has 0 amide bonds. The van der Waals surface area contributed by atoms with Crippen LogP contribution >= 0.6 is 11.6 Å². The molecule has 0 aliphatic carbocycles. The minimum absolute atomic E-state index is 0.00796. The van der Waals surface area contributed by atoms with Crippen molar-refractivity contribution in [2.75, 3.05) is 5.32 Å². The Kier molecular flexibility index (Phi) is 7.75. The second-order valence-corrected chi connectivity index (χ2v) is 8.88. The van der Waals surface area contributed by atoms with Gasteiger partial charge in [-0.1, -0.05) is 41.9 Å². The lowest BCUT2D eigenvalue weighted by Crippen LogP contribution is -2.27. The van der Waals surface area contributed by atoms with Crippen LogP contribution in [0.15, 0.2) is 70.2 Å². The zero-order valence-electron chi connectivity index (χ0n) is 17.5. The van der Waals surface area contributed by atoms with Gasteiger partial charge in [-0.15, -0.1) is 0 Å². The Hall–Kier alpha value is -3.34. The molecule has 3 rings (SSSR count). The predicted octanol–water partition coefficient (Wildman–Crippen LogP) is 3.48. The molecule has 3 N–H and O–H groups in total. The fourth-order valence-electron chi connectivity index (χ4n) is 2.80. The Labute approximate surface area is 195 Å². The standard InChI is InChI=1S/C22H21ClN2O7S/c1-14(21(26)31-13-15-6-3-2-4-7-15)32-22(27)17-10-20(33(24,28)29)18(23)11-19(17)25-12-16-8-5-9-30-16/h2-11,14,25H,12-13H2,1H3,(H2,24,28,29)/t14-/m0/s1. The molecule has 2 aromatic carbocycles. The highest BCUT2D eigenvalue weighted by atomic mass is 35.5. The second kappa shape index (κ2) is 10.5. The van der Waals surface area contributed by atoms with Crippen molar-refractivity contribution in [1.29, 1.82) is 0 Å². The molecule has 33 heavy (non-hydrogen) atoms. The minimum atomic E-state index is -4.23. The third kappa shape index (κ3) is 6.58. The summed E-state index contributed by atoms with van der Waals surface area (Å²) in [4.78, 5) is 24.6. The number of hydrogen-bond donors (Lipinski definition) is 2. The zero-order valence-corrected chi connectivity index (χ0v) is 19.1. The average Bonchev–Trinajstić information content (AvgIpc) is 3.29. The summed E-state index contributed by atoms with van der Waals surface area (Å²) in [5.74, 6) is -1.18. The third-order valence-corrected chi connectivity index (χ3v) is 5.85. The molecule has 1 atom stereocenters. The number of benzene rings is 2. The SMILES string of the molecule is C[C@H](OC(=O)c1cc(S(N)(=O)=O)c(Cl)cc1NCc1ccco1)C(=O)OCc1ccccc1. The van der Waals surface area contributed by atoms with Gasteiger partial charge in [0.1, 0.15) is 17.3 Å². The molecule has 0 aliphatic rings. The fourth-order valence-corrected chi connectivity index (χ4v) is 3.90. The number of furan rings is 1. The quantitative estimate of drug-likeness (QED) is 0.433. The van der Waals surface area contributed by atoms with Gasteiger partial charge in [0.2, 0.25) is 10.0 Å². The van der Waals surface area contributed by atoms with Gasteiger partial charge in [-0.3, -0.25) is 0 Å². The van der Waals surface area contributed by atoms with Crippen molar-refractivity contribution in [2.24, 2.45) is 5.14 Å². The van der Waals surface area contributed by atoms with Gasteiger partial charge >= 0.3 is 11.9 Å². The number of hydrogen-bond acceptors (Lipinski definition) is 8. The molecule has 3 aromatic rings. The van der Waals surface area contributed by atoms with Gasteiger partial charge in [0.15, 0.2) is 6.10 Å².